The Bertz CT molecular complexity index is 510. The van der Waals surface area contributed by atoms with Gasteiger partial charge in [-0.2, -0.15) is 0 Å². The van der Waals surface area contributed by atoms with Crippen molar-refractivity contribution in [2.24, 2.45) is 17.3 Å². The van der Waals surface area contributed by atoms with Gasteiger partial charge in [-0.1, -0.05) is 19.9 Å². The molecule has 1 aromatic rings. The quantitative estimate of drug-likeness (QED) is 0.911. The normalized spacial score (nSPS) is 35.5. The summed E-state index contributed by atoms with van der Waals surface area (Å²) in [6, 6.07) is 6.53. The Morgan fingerprint density at radius 3 is 2.76 bits per heavy atom. The molecule has 0 aromatic heterocycles. The summed E-state index contributed by atoms with van der Waals surface area (Å²) in [5, 5.41) is 10.4. The van der Waals surface area contributed by atoms with E-state index in [1.165, 1.54) is 30.4 Å². The van der Waals surface area contributed by atoms with E-state index in [1.54, 1.807) is 7.11 Å². The van der Waals surface area contributed by atoms with Gasteiger partial charge < -0.3 is 9.84 Å². The van der Waals surface area contributed by atoms with Crippen LogP contribution in [0.5, 0.6) is 5.75 Å². The van der Waals surface area contributed by atoms with Crippen LogP contribution in [0.3, 0.4) is 0 Å². The molecule has 2 aliphatic rings. The molecular weight excluding hydrogens is 260 g/mol. The van der Waals surface area contributed by atoms with Gasteiger partial charge >= 0.3 is 0 Å². The van der Waals surface area contributed by atoms with Crippen LogP contribution in [0.25, 0.3) is 0 Å². The molecule has 1 saturated carbocycles. The zero-order valence-electron chi connectivity index (χ0n) is 13.6. The van der Waals surface area contributed by atoms with Crippen molar-refractivity contribution in [1.82, 2.24) is 0 Å². The van der Waals surface area contributed by atoms with E-state index in [4.69, 9.17) is 4.74 Å². The Labute approximate surface area is 128 Å². The van der Waals surface area contributed by atoms with Crippen LogP contribution in [-0.4, -0.2) is 18.3 Å². The number of rotatable bonds is 3. The first-order chi connectivity index (χ1) is 10.1. The van der Waals surface area contributed by atoms with Crippen molar-refractivity contribution >= 4 is 0 Å². The van der Waals surface area contributed by atoms with E-state index < -0.39 is 0 Å². The van der Waals surface area contributed by atoms with Gasteiger partial charge in [0.1, 0.15) is 5.75 Å². The lowest BCUT2D eigenvalue weighted by Gasteiger charge is -2.40. The molecule has 0 saturated heterocycles. The molecular formula is C19H28O2. The minimum Gasteiger partial charge on any atom is -0.497 e. The van der Waals surface area contributed by atoms with E-state index in [2.05, 4.69) is 32.0 Å². The maximum atomic E-state index is 10.4. The minimum atomic E-state index is -0.107. The number of aliphatic hydroxyl groups is 1. The van der Waals surface area contributed by atoms with Gasteiger partial charge in [-0.15, -0.1) is 0 Å². The predicted octanol–water partition coefficient (Wildman–Crippen LogP) is 3.99. The van der Waals surface area contributed by atoms with Crippen LogP contribution in [0, 0.1) is 17.3 Å². The molecule has 0 amide bonds. The highest BCUT2D eigenvalue weighted by Gasteiger charge is 2.47. The summed E-state index contributed by atoms with van der Waals surface area (Å²) in [4.78, 5) is 0. The number of fused-ring (bicyclic) bond motifs is 1. The van der Waals surface area contributed by atoms with E-state index in [-0.39, 0.29) is 11.5 Å². The van der Waals surface area contributed by atoms with E-state index in [0.717, 1.165) is 30.9 Å². The highest BCUT2D eigenvalue weighted by atomic mass is 16.5. The molecule has 0 heterocycles. The van der Waals surface area contributed by atoms with Crippen LogP contribution in [0.2, 0.25) is 0 Å². The summed E-state index contributed by atoms with van der Waals surface area (Å²) in [5.41, 5.74) is 3.07. The molecule has 3 rings (SSSR count). The Morgan fingerprint density at radius 1 is 1.24 bits per heavy atom. The molecule has 1 aromatic carbocycles. The van der Waals surface area contributed by atoms with Crippen LogP contribution in [0.4, 0.5) is 0 Å². The molecule has 0 bridgehead atoms. The summed E-state index contributed by atoms with van der Waals surface area (Å²) in [5.74, 6) is 2.38. The fourth-order valence-electron chi connectivity index (χ4n) is 4.75. The predicted molar refractivity (Wildman–Crippen MR) is 85.6 cm³/mol. The van der Waals surface area contributed by atoms with Gasteiger partial charge in [0.2, 0.25) is 0 Å². The SMILES string of the molecule is CCC1(C)C(O)CCC1C1CCc2cc(OC)ccc2C1. The fourth-order valence-corrected chi connectivity index (χ4v) is 4.75. The Hall–Kier alpha value is -1.02. The standard InChI is InChI=1S/C19H28O2/c1-4-19(2)17(9-10-18(19)20)15-6-5-14-12-16(21-3)8-7-13(14)11-15/h7-8,12,15,17-18,20H,4-6,9-11H2,1-3H3. The molecule has 2 heteroatoms. The van der Waals surface area contributed by atoms with E-state index in [9.17, 15) is 5.11 Å². The Balaban J connectivity index is 1.80. The van der Waals surface area contributed by atoms with Gasteiger partial charge in [-0.25, -0.2) is 0 Å². The summed E-state index contributed by atoms with van der Waals surface area (Å²) in [7, 11) is 1.74. The lowest BCUT2D eigenvalue weighted by molar-refractivity contribution is 0.0153. The van der Waals surface area contributed by atoms with E-state index in [0.29, 0.717) is 5.92 Å². The second kappa shape index (κ2) is 5.64. The number of aliphatic hydroxyl groups excluding tert-OH is 1. The highest BCUT2D eigenvalue weighted by Crippen LogP contribution is 2.51. The maximum Gasteiger partial charge on any atom is 0.119 e. The molecule has 21 heavy (non-hydrogen) atoms. The number of benzene rings is 1. The average Bonchev–Trinajstić information content (AvgIpc) is 2.82. The third kappa shape index (κ3) is 2.48. The number of hydrogen-bond acceptors (Lipinski definition) is 2. The van der Waals surface area contributed by atoms with Crippen molar-refractivity contribution in [2.45, 2.75) is 58.5 Å². The number of aryl methyl sites for hydroxylation is 1. The molecule has 1 fully saturated rings. The average molecular weight is 288 g/mol. The van der Waals surface area contributed by atoms with Gasteiger partial charge in [0.15, 0.2) is 0 Å². The third-order valence-electron chi connectivity index (χ3n) is 6.37. The third-order valence-corrected chi connectivity index (χ3v) is 6.37. The monoisotopic (exact) mass is 288 g/mol. The van der Waals surface area contributed by atoms with Crippen LogP contribution in [-0.2, 0) is 12.8 Å². The van der Waals surface area contributed by atoms with Crippen LogP contribution >= 0.6 is 0 Å². The second-order valence-corrected chi connectivity index (χ2v) is 7.20. The Kier molecular flexibility index (Phi) is 4.00. The van der Waals surface area contributed by atoms with Gasteiger partial charge in [-0.3, -0.25) is 0 Å². The van der Waals surface area contributed by atoms with E-state index >= 15 is 0 Å². The first-order valence-electron chi connectivity index (χ1n) is 8.42. The molecule has 2 nitrogen and oxygen atoms in total. The van der Waals surface area contributed by atoms with Crippen molar-refractivity contribution < 1.29 is 9.84 Å². The lowest BCUT2D eigenvalue weighted by Crippen LogP contribution is -2.37. The van der Waals surface area contributed by atoms with Crippen molar-refractivity contribution in [2.75, 3.05) is 7.11 Å². The summed E-state index contributed by atoms with van der Waals surface area (Å²) in [6.45, 7) is 4.54. The molecule has 4 atom stereocenters. The first kappa shape index (κ1) is 14.9. The fraction of sp³-hybridized carbons (Fsp3) is 0.684. The minimum absolute atomic E-state index is 0.107. The van der Waals surface area contributed by atoms with Gasteiger partial charge in [-0.05, 0) is 79.0 Å². The molecule has 1 N–H and O–H groups in total. The second-order valence-electron chi connectivity index (χ2n) is 7.20. The first-order valence-corrected chi connectivity index (χ1v) is 8.42. The summed E-state index contributed by atoms with van der Waals surface area (Å²) >= 11 is 0. The zero-order chi connectivity index (χ0) is 15.0. The topological polar surface area (TPSA) is 29.5 Å². The van der Waals surface area contributed by atoms with Crippen molar-refractivity contribution in [3.05, 3.63) is 29.3 Å². The maximum absolute atomic E-state index is 10.4. The number of methoxy groups -OCH3 is 1. The van der Waals surface area contributed by atoms with Crippen LogP contribution < -0.4 is 4.74 Å². The number of ether oxygens (including phenoxy) is 1. The van der Waals surface area contributed by atoms with Crippen LogP contribution in [0.1, 0.15) is 50.7 Å². The molecule has 0 radical (unpaired) electrons. The zero-order valence-corrected chi connectivity index (χ0v) is 13.6. The lowest BCUT2D eigenvalue weighted by atomic mass is 9.66. The molecule has 0 spiro atoms. The van der Waals surface area contributed by atoms with Crippen molar-refractivity contribution in [1.29, 1.82) is 0 Å². The van der Waals surface area contributed by atoms with Gasteiger partial charge in [0.25, 0.3) is 0 Å². The van der Waals surface area contributed by atoms with Gasteiger partial charge in [0, 0.05) is 0 Å². The van der Waals surface area contributed by atoms with Gasteiger partial charge in [0.05, 0.1) is 13.2 Å². The molecule has 2 aliphatic carbocycles. The van der Waals surface area contributed by atoms with E-state index in [1.807, 2.05) is 0 Å². The molecule has 4 unspecified atom stereocenters. The Morgan fingerprint density at radius 2 is 2.05 bits per heavy atom. The van der Waals surface area contributed by atoms with Crippen molar-refractivity contribution in [3.63, 3.8) is 0 Å². The molecule has 116 valence electrons. The smallest absolute Gasteiger partial charge is 0.119 e. The summed E-state index contributed by atoms with van der Waals surface area (Å²) < 4.78 is 5.34. The molecule has 0 aliphatic heterocycles. The summed E-state index contributed by atoms with van der Waals surface area (Å²) in [6.07, 6.45) is 6.75. The highest BCUT2D eigenvalue weighted by molar-refractivity contribution is 5.37. The number of hydrogen-bond donors (Lipinski definition) is 1. The van der Waals surface area contributed by atoms with Crippen molar-refractivity contribution in [3.8, 4) is 5.75 Å². The largest absolute Gasteiger partial charge is 0.497 e. The van der Waals surface area contributed by atoms with Crippen LogP contribution in [0.15, 0.2) is 18.2 Å².